The SMILES string of the molecule is NNc1nc(C2CCc3ccccc32)nc2c1COCC2. The van der Waals surface area contributed by atoms with Gasteiger partial charge in [0, 0.05) is 17.9 Å². The lowest BCUT2D eigenvalue weighted by molar-refractivity contribution is 0.109. The fourth-order valence-corrected chi connectivity index (χ4v) is 3.35. The summed E-state index contributed by atoms with van der Waals surface area (Å²) in [5.41, 5.74) is 7.55. The van der Waals surface area contributed by atoms with Crippen molar-refractivity contribution in [1.82, 2.24) is 9.97 Å². The van der Waals surface area contributed by atoms with Crippen molar-refractivity contribution in [3.8, 4) is 0 Å². The molecular weight excluding hydrogens is 264 g/mol. The van der Waals surface area contributed by atoms with Crippen LogP contribution in [-0.2, 0) is 24.2 Å². The van der Waals surface area contributed by atoms with Crippen molar-refractivity contribution >= 4 is 5.82 Å². The lowest BCUT2D eigenvalue weighted by Gasteiger charge is -2.21. The minimum Gasteiger partial charge on any atom is -0.376 e. The van der Waals surface area contributed by atoms with E-state index < -0.39 is 0 Å². The highest BCUT2D eigenvalue weighted by atomic mass is 16.5. The molecule has 1 atom stereocenters. The van der Waals surface area contributed by atoms with Gasteiger partial charge in [-0.05, 0) is 24.0 Å². The molecule has 0 bridgehead atoms. The Hall–Kier alpha value is -1.98. The lowest BCUT2D eigenvalue weighted by atomic mass is 9.99. The van der Waals surface area contributed by atoms with Gasteiger partial charge in [-0.2, -0.15) is 0 Å². The van der Waals surface area contributed by atoms with Gasteiger partial charge in [0.25, 0.3) is 0 Å². The Bertz CT molecular complexity index is 669. The van der Waals surface area contributed by atoms with Gasteiger partial charge >= 0.3 is 0 Å². The largest absolute Gasteiger partial charge is 0.376 e. The van der Waals surface area contributed by atoms with Crippen LogP contribution < -0.4 is 11.3 Å². The zero-order valence-electron chi connectivity index (χ0n) is 11.8. The molecule has 4 rings (SSSR count). The molecule has 1 unspecified atom stereocenters. The minimum atomic E-state index is 0.279. The van der Waals surface area contributed by atoms with E-state index in [0.717, 1.165) is 36.3 Å². The van der Waals surface area contributed by atoms with Gasteiger partial charge in [-0.15, -0.1) is 0 Å². The van der Waals surface area contributed by atoms with Gasteiger partial charge in [-0.25, -0.2) is 15.8 Å². The third-order valence-corrected chi connectivity index (χ3v) is 4.42. The van der Waals surface area contributed by atoms with Crippen molar-refractivity contribution in [2.24, 2.45) is 5.84 Å². The van der Waals surface area contributed by atoms with Crippen LogP contribution in [0, 0.1) is 0 Å². The molecule has 108 valence electrons. The van der Waals surface area contributed by atoms with Crippen molar-refractivity contribution < 1.29 is 4.74 Å². The molecule has 2 heterocycles. The maximum Gasteiger partial charge on any atom is 0.149 e. The molecular formula is C16H18N4O. The molecule has 0 radical (unpaired) electrons. The molecule has 0 saturated carbocycles. The average Bonchev–Trinajstić information content (AvgIpc) is 2.98. The van der Waals surface area contributed by atoms with Crippen molar-refractivity contribution in [1.29, 1.82) is 0 Å². The van der Waals surface area contributed by atoms with Crippen LogP contribution in [0.2, 0.25) is 0 Å². The number of aryl methyl sites for hydroxylation is 1. The number of benzene rings is 1. The van der Waals surface area contributed by atoms with E-state index in [1.807, 2.05) is 0 Å². The minimum absolute atomic E-state index is 0.279. The number of aromatic nitrogens is 2. The molecule has 0 amide bonds. The first-order valence-electron chi connectivity index (χ1n) is 7.38. The number of hydrogen-bond acceptors (Lipinski definition) is 5. The molecule has 2 aromatic rings. The van der Waals surface area contributed by atoms with Crippen molar-refractivity contribution in [3.05, 3.63) is 52.5 Å². The van der Waals surface area contributed by atoms with E-state index in [1.165, 1.54) is 11.1 Å². The zero-order valence-corrected chi connectivity index (χ0v) is 11.8. The number of nitrogen functional groups attached to an aromatic ring is 1. The van der Waals surface area contributed by atoms with Crippen LogP contribution in [0.15, 0.2) is 24.3 Å². The summed E-state index contributed by atoms with van der Waals surface area (Å²) in [6.45, 7) is 1.26. The number of nitrogens with one attached hydrogen (secondary N) is 1. The molecule has 1 aromatic heterocycles. The highest BCUT2D eigenvalue weighted by Crippen LogP contribution is 2.37. The summed E-state index contributed by atoms with van der Waals surface area (Å²) in [6, 6.07) is 8.57. The van der Waals surface area contributed by atoms with Gasteiger partial charge in [0.15, 0.2) is 0 Å². The zero-order chi connectivity index (χ0) is 14.2. The van der Waals surface area contributed by atoms with E-state index in [0.29, 0.717) is 19.0 Å². The van der Waals surface area contributed by atoms with E-state index in [2.05, 4.69) is 34.7 Å². The molecule has 1 aliphatic carbocycles. The summed E-state index contributed by atoms with van der Waals surface area (Å²) in [7, 11) is 0. The Labute approximate surface area is 123 Å². The standard InChI is InChI=1S/C16H18N4O/c17-20-16-13-9-21-8-7-14(13)18-15(19-16)12-6-5-10-3-1-2-4-11(10)12/h1-4,12H,5-9,17H2,(H,18,19,20). The second kappa shape index (κ2) is 5.09. The van der Waals surface area contributed by atoms with E-state index in [1.54, 1.807) is 0 Å². The highest BCUT2D eigenvalue weighted by molar-refractivity contribution is 5.48. The quantitative estimate of drug-likeness (QED) is 0.650. The number of hydrazine groups is 1. The van der Waals surface area contributed by atoms with Gasteiger partial charge in [-0.3, -0.25) is 0 Å². The van der Waals surface area contributed by atoms with E-state index in [4.69, 9.17) is 15.6 Å². The van der Waals surface area contributed by atoms with Gasteiger partial charge in [0.1, 0.15) is 11.6 Å². The molecule has 2 aliphatic rings. The monoisotopic (exact) mass is 282 g/mol. The lowest BCUT2D eigenvalue weighted by Crippen LogP contribution is -2.21. The van der Waals surface area contributed by atoms with Gasteiger partial charge in [0.2, 0.25) is 0 Å². The van der Waals surface area contributed by atoms with E-state index in [9.17, 15) is 0 Å². The van der Waals surface area contributed by atoms with Crippen LogP contribution in [0.5, 0.6) is 0 Å². The number of fused-ring (bicyclic) bond motifs is 2. The van der Waals surface area contributed by atoms with Gasteiger partial charge in [-0.1, -0.05) is 24.3 Å². The maximum absolute atomic E-state index is 5.64. The smallest absolute Gasteiger partial charge is 0.149 e. The number of ether oxygens (including phenoxy) is 1. The molecule has 0 saturated heterocycles. The van der Waals surface area contributed by atoms with Crippen LogP contribution in [0.3, 0.4) is 0 Å². The third-order valence-electron chi connectivity index (χ3n) is 4.42. The first kappa shape index (κ1) is 12.7. The second-order valence-corrected chi connectivity index (χ2v) is 5.59. The van der Waals surface area contributed by atoms with E-state index in [-0.39, 0.29) is 5.92 Å². The topological polar surface area (TPSA) is 73.1 Å². The predicted molar refractivity (Wildman–Crippen MR) is 79.8 cm³/mol. The summed E-state index contributed by atoms with van der Waals surface area (Å²) in [4.78, 5) is 9.47. The van der Waals surface area contributed by atoms with Crippen molar-refractivity contribution in [2.75, 3.05) is 12.0 Å². The molecule has 5 heteroatoms. The molecule has 21 heavy (non-hydrogen) atoms. The van der Waals surface area contributed by atoms with Crippen LogP contribution in [-0.4, -0.2) is 16.6 Å². The Kier molecular flexibility index (Phi) is 3.09. The number of rotatable bonds is 2. The third kappa shape index (κ3) is 2.09. The first-order chi connectivity index (χ1) is 10.4. The maximum atomic E-state index is 5.64. The van der Waals surface area contributed by atoms with Crippen LogP contribution in [0.1, 0.15) is 40.5 Å². The van der Waals surface area contributed by atoms with Crippen LogP contribution in [0.25, 0.3) is 0 Å². The Balaban J connectivity index is 1.80. The molecule has 1 aromatic carbocycles. The van der Waals surface area contributed by atoms with Crippen LogP contribution in [0.4, 0.5) is 5.82 Å². The molecule has 5 nitrogen and oxygen atoms in total. The van der Waals surface area contributed by atoms with Gasteiger partial charge < -0.3 is 10.2 Å². The summed E-state index contributed by atoms with van der Waals surface area (Å²) < 4.78 is 5.48. The Morgan fingerprint density at radius 1 is 1.19 bits per heavy atom. The summed E-state index contributed by atoms with van der Waals surface area (Å²) in [5, 5.41) is 0. The molecule has 0 spiro atoms. The second-order valence-electron chi connectivity index (χ2n) is 5.59. The fourth-order valence-electron chi connectivity index (χ4n) is 3.35. The Morgan fingerprint density at radius 3 is 3.00 bits per heavy atom. The number of nitrogens with two attached hydrogens (primary N) is 1. The normalized spacial score (nSPS) is 20.0. The summed E-state index contributed by atoms with van der Waals surface area (Å²) in [6.07, 6.45) is 2.99. The fraction of sp³-hybridized carbons (Fsp3) is 0.375. The first-order valence-corrected chi connectivity index (χ1v) is 7.38. The summed E-state index contributed by atoms with van der Waals surface area (Å²) >= 11 is 0. The van der Waals surface area contributed by atoms with Crippen molar-refractivity contribution in [2.45, 2.75) is 31.8 Å². The number of hydrogen-bond donors (Lipinski definition) is 2. The van der Waals surface area contributed by atoms with Gasteiger partial charge in [0.05, 0.1) is 18.9 Å². The van der Waals surface area contributed by atoms with E-state index >= 15 is 0 Å². The predicted octanol–water partition coefficient (Wildman–Crippen LogP) is 1.91. The summed E-state index contributed by atoms with van der Waals surface area (Å²) in [5.74, 6) is 7.51. The highest BCUT2D eigenvalue weighted by Gasteiger charge is 2.28. The van der Waals surface area contributed by atoms with Crippen LogP contribution >= 0.6 is 0 Å². The number of anilines is 1. The Morgan fingerprint density at radius 2 is 2.10 bits per heavy atom. The number of nitrogens with zero attached hydrogens (tertiary/aromatic N) is 2. The molecule has 3 N–H and O–H groups in total. The molecule has 1 aliphatic heterocycles. The van der Waals surface area contributed by atoms with Crippen molar-refractivity contribution in [3.63, 3.8) is 0 Å². The average molecular weight is 282 g/mol. The molecule has 0 fully saturated rings.